The lowest BCUT2D eigenvalue weighted by Crippen LogP contribution is -2.30. The van der Waals surface area contributed by atoms with Gasteiger partial charge in [-0.1, -0.05) is 92.3 Å². The average Bonchev–Trinajstić information content (AvgIpc) is 2.47. The molecule has 0 saturated heterocycles. The summed E-state index contributed by atoms with van der Waals surface area (Å²) >= 11 is 0. The van der Waals surface area contributed by atoms with Crippen LogP contribution in [0.1, 0.15) is 37.0 Å². The molecule has 1 unspecified atom stereocenters. The molecule has 1 radical (unpaired) electrons. The molecule has 0 aliphatic rings. The van der Waals surface area contributed by atoms with Crippen LogP contribution in [0.5, 0.6) is 0 Å². The Morgan fingerprint density at radius 2 is 1.58 bits per heavy atom. The second-order valence-electron chi connectivity index (χ2n) is 5.47. The van der Waals surface area contributed by atoms with E-state index in [-0.39, 0.29) is 5.31 Å². The molecule has 0 amide bonds. The predicted octanol–water partition coefficient (Wildman–Crippen LogP) is 4.52. The molecule has 97 valence electrons. The van der Waals surface area contributed by atoms with E-state index in [0.29, 0.717) is 0 Å². The Bertz CT molecular complexity index is 518. The maximum Gasteiger partial charge on any atom is 0.129 e. The summed E-state index contributed by atoms with van der Waals surface area (Å²) in [7, 11) is 2.46. The molecule has 0 bridgehead atoms. The van der Waals surface area contributed by atoms with Crippen molar-refractivity contribution >= 4 is 7.28 Å². The number of benzene rings is 2. The van der Waals surface area contributed by atoms with Gasteiger partial charge in [0.25, 0.3) is 0 Å². The zero-order chi connectivity index (χ0) is 13.7. The summed E-state index contributed by atoms with van der Waals surface area (Å²) in [6.45, 7) is 6.79. The minimum absolute atomic E-state index is 0.156. The standard InChI is InChI=1S/C18H22B/c1-4-18(3,17-12-6-5-7-13-17)19-14-16-11-9-8-10-15(16)2/h5-13H,4,14H2,1-3H3. The molecule has 0 nitrogen and oxygen atoms in total. The van der Waals surface area contributed by atoms with Crippen molar-refractivity contribution in [1.29, 1.82) is 0 Å². The molecular weight excluding hydrogens is 227 g/mol. The SMILES string of the molecule is CCC(C)([B]Cc1ccccc1C)c1ccccc1. The molecule has 1 heteroatoms. The molecule has 0 aliphatic heterocycles. The summed E-state index contributed by atoms with van der Waals surface area (Å²) in [5.41, 5.74) is 4.22. The van der Waals surface area contributed by atoms with Gasteiger partial charge in [-0.05, 0) is 17.8 Å². The first-order valence-corrected chi connectivity index (χ1v) is 7.10. The monoisotopic (exact) mass is 249 g/mol. The minimum atomic E-state index is 0.156. The molecular formula is C18H22B. The number of hydrogen-bond donors (Lipinski definition) is 0. The fraction of sp³-hybridized carbons (Fsp3) is 0.333. The summed E-state index contributed by atoms with van der Waals surface area (Å²) in [5.74, 6) is 0. The van der Waals surface area contributed by atoms with Gasteiger partial charge in [-0.15, -0.1) is 0 Å². The third-order valence-electron chi connectivity index (χ3n) is 4.20. The molecule has 0 aliphatic carbocycles. The largest absolute Gasteiger partial charge is 0.129 e. The molecule has 0 heterocycles. The lowest BCUT2D eigenvalue weighted by atomic mass is 9.47. The van der Waals surface area contributed by atoms with Crippen LogP contribution in [-0.4, -0.2) is 7.28 Å². The van der Waals surface area contributed by atoms with E-state index in [1.165, 1.54) is 16.7 Å². The first-order valence-electron chi connectivity index (χ1n) is 7.10. The van der Waals surface area contributed by atoms with E-state index >= 15 is 0 Å². The summed E-state index contributed by atoms with van der Waals surface area (Å²) in [4.78, 5) is 0. The molecule has 0 spiro atoms. The zero-order valence-electron chi connectivity index (χ0n) is 12.2. The molecule has 1 atom stereocenters. The Labute approximate surface area is 118 Å². The predicted molar refractivity (Wildman–Crippen MR) is 84.7 cm³/mol. The molecule has 2 aromatic carbocycles. The van der Waals surface area contributed by atoms with Crippen LogP contribution < -0.4 is 0 Å². The van der Waals surface area contributed by atoms with Crippen molar-refractivity contribution in [3.63, 3.8) is 0 Å². The lowest BCUT2D eigenvalue weighted by molar-refractivity contribution is 0.635. The van der Waals surface area contributed by atoms with Crippen molar-refractivity contribution in [2.75, 3.05) is 0 Å². The summed E-state index contributed by atoms with van der Waals surface area (Å²) in [5, 5.41) is 0.156. The van der Waals surface area contributed by atoms with Crippen molar-refractivity contribution in [3.8, 4) is 0 Å². The van der Waals surface area contributed by atoms with Gasteiger partial charge in [0, 0.05) is 0 Å². The zero-order valence-corrected chi connectivity index (χ0v) is 12.2. The van der Waals surface area contributed by atoms with Crippen molar-refractivity contribution in [1.82, 2.24) is 0 Å². The highest BCUT2D eigenvalue weighted by molar-refractivity contribution is 6.39. The van der Waals surface area contributed by atoms with Crippen molar-refractivity contribution in [2.24, 2.45) is 0 Å². The molecule has 2 aromatic rings. The average molecular weight is 249 g/mol. The first kappa shape index (κ1) is 13.9. The Morgan fingerprint density at radius 3 is 2.21 bits per heavy atom. The molecule has 0 fully saturated rings. The summed E-state index contributed by atoms with van der Waals surface area (Å²) < 4.78 is 0. The number of rotatable bonds is 5. The van der Waals surface area contributed by atoms with Crippen LogP contribution in [0.25, 0.3) is 0 Å². The molecule has 0 N–H and O–H groups in total. The van der Waals surface area contributed by atoms with E-state index in [0.717, 1.165) is 12.7 Å². The van der Waals surface area contributed by atoms with Crippen molar-refractivity contribution in [2.45, 2.75) is 38.8 Å². The fourth-order valence-electron chi connectivity index (χ4n) is 2.46. The minimum Gasteiger partial charge on any atom is -0.0652 e. The molecule has 19 heavy (non-hydrogen) atoms. The van der Waals surface area contributed by atoms with Crippen LogP contribution in [-0.2, 0) is 11.6 Å². The van der Waals surface area contributed by atoms with Crippen LogP contribution >= 0.6 is 0 Å². The second kappa shape index (κ2) is 6.10. The Morgan fingerprint density at radius 1 is 0.947 bits per heavy atom. The third-order valence-corrected chi connectivity index (χ3v) is 4.20. The van der Waals surface area contributed by atoms with Crippen molar-refractivity contribution < 1.29 is 0 Å². The van der Waals surface area contributed by atoms with Gasteiger partial charge in [-0.2, -0.15) is 0 Å². The second-order valence-corrected chi connectivity index (χ2v) is 5.47. The highest BCUT2D eigenvalue weighted by atomic mass is 14.2. The topological polar surface area (TPSA) is 0 Å². The van der Waals surface area contributed by atoms with Gasteiger partial charge in [0.2, 0.25) is 0 Å². The first-order chi connectivity index (χ1) is 9.15. The summed E-state index contributed by atoms with van der Waals surface area (Å²) in [6.07, 6.45) is 2.16. The molecule has 0 saturated carbocycles. The van der Waals surface area contributed by atoms with E-state index < -0.39 is 0 Å². The maximum atomic E-state index is 2.46. The van der Waals surface area contributed by atoms with E-state index in [2.05, 4.69) is 82.6 Å². The third kappa shape index (κ3) is 3.29. The Hall–Kier alpha value is -1.50. The van der Waals surface area contributed by atoms with E-state index in [1.54, 1.807) is 0 Å². The summed E-state index contributed by atoms with van der Waals surface area (Å²) in [6, 6.07) is 19.5. The number of hydrogen-bond acceptors (Lipinski definition) is 0. The number of aryl methyl sites for hydroxylation is 1. The highest BCUT2D eigenvalue weighted by Crippen LogP contribution is 2.27. The smallest absolute Gasteiger partial charge is 0.0652 e. The van der Waals surface area contributed by atoms with Crippen LogP contribution in [0.4, 0.5) is 0 Å². The van der Waals surface area contributed by atoms with Crippen LogP contribution in [0, 0.1) is 6.92 Å². The van der Waals surface area contributed by atoms with Gasteiger partial charge in [-0.3, -0.25) is 0 Å². The van der Waals surface area contributed by atoms with Gasteiger partial charge in [0.05, 0.1) is 0 Å². The van der Waals surface area contributed by atoms with Gasteiger partial charge in [-0.25, -0.2) is 0 Å². The van der Waals surface area contributed by atoms with Gasteiger partial charge >= 0.3 is 0 Å². The molecule has 2 rings (SSSR count). The van der Waals surface area contributed by atoms with Gasteiger partial charge in [0.1, 0.15) is 7.28 Å². The Kier molecular flexibility index (Phi) is 4.47. The van der Waals surface area contributed by atoms with Crippen LogP contribution in [0.3, 0.4) is 0 Å². The van der Waals surface area contributed by atoms with Gasteiger partial charge in [0.15, 0.2) is 0 Å². The van der Waals surface area contributed by atoms with Crippen molar-refractivity contribution in [3.05, 3.63) is 71.3 Å². The van der Waals surface area contributed by atoms with Crippen LogP contribution in [0.2, 0.25) is 0 Å². The fourth-order valence-corrected chi connectivity index (χ4v) is 2.46. The quantitative estimate of drug-likeness (QED) is 0.683. The van der Waals surface area contributed by atoms with Crippen LogP contribution in [0.15, 0.2) is 54.6 Å². The highest BCUT2D eigenvalue weighted by Gasteiger charge is 2.25. The lowest BCUT2D eigenvalue weighted by Gasteiger charge is -2.28. The van der Waals surface area contributed by atoms with Gasteiger partial charge < -0.3 is 0 Å². The molecule has 0 aromatic heterocycles. The van der Waals surface area contributed by atoms with E-state index in [1.807, 2.05) is 0 Å². The Balaban J connectivity index is 2.14. The maximum absolute atomic E-state index is 2.46. The van der Waals surface area contributed by atoms with E-state index in [4.69, 9.17) is 0 Å². The van der Waals surface area contributed by atoms with E-state index in [9.17, 15) is 0 Å². The normalized spacial score (nSPS) is 13.8.